The topological polar surface area (TPSA) is 23.0 Å². The molecule has 0 N–H and O–H groups in total. The highest BCUT2D eigenvalue weighted by atomic mass is 79.9. The van der Waals surface area contributed by atoms with Crippen LogP contribution in [-0.2, 0) is 0 Å². The lowest BCUT2D eigenvalue weighted by Gasteiger charge is -2.16. The third-order valence-electron chi connectivity index (χ3n) is 13.1. The summed E-state index contributed by atoms with van der Waals surface area (Å²) in [4.78, 5) is 0. The van der Waals surface area contributed by atoms with E-state index in [9.17, 15) is 0 Å². The Bertz CT molecular complexity index is 3950. The van der Waals surface area contributed by atoms with Gasteiger partial charge in [0.2, 0.25) is 0 Å². The molecule has 0 bridgehead atoms. The summed E-state index contributed by atoms with van der Waals surface area (Å²) in [6.45, 7) is 0. The van der Waals surface area contributed by atoms with Gasteiger partial charge in [0.25, 0.3) is 0 Å². The van der Waals surface area contributed by atoms with Crippen LogP contribution in [0.4, 0.5) is 0 Å². The van der Waals surface area contributed by atoms with E-state index >= 15 is 0 Å². The zero-order valence-corrected chi connectivity index (χ0v) is 33.7. The molecule has 0 spiro atoms. The van der Waals surface area contributed by atoms with Crippen molar-refractivity contribution in [2.45, 2.75) is 0 Å². The van der Waals surface area contributed by atoms with Gasteiger partial charge < -0.3 is 13.6 Å². The second-order valence-corrected chi connectivity index (χ2v) is 16.8. The van der Waals surface area contributed by atoms with E-state index in [2.05, 4.69) is 207 Å². The second kappa shape index (κ2) is 11.8. The fourth-order valence-electron chi connectivity index (χ4n) is 10.8. The average Bonchev–Trinajstić information content (AvgIpc) is 3.96. The first-order valence-electron chi connectivity index (χ1n) is 20.5. The zero-order chi connectivity index (χ0) is 39.2. The molecular formula is C56H31BrN2O. The number of fused-ring (bicyclic) bond motifs is 22. The van der Waals surface area contributed by atoms with E-state index < -0.39 is 0 Å². The zero-order valence-electron chi connectivity index (χ0n) is 32.1. The molecule has 3 heterocycles. The van der Waals surface area contributed by atoms with Crippen LogP contribution in [0.3, 0.4) is 0 Å². The molecule has 0 radical (unpaired) electrons. The van der Waals surface area contributed by atoms with Gasteiger partial charge in [0, 0.05) is 32.3 Å². The summed E-state index contributed by atoms with van der Waals surface area (Å²) < 4.78 is 12.5. The van der Waals surface area contributed by atoms with Crippen molar-refractivity contribution in [1.82, 2.24) is 9.13 Å². The number of rotatable bonds is 2. The predicted octanol–water partition coefficient (Wildman–Crippen LogP) is 16.3. The van der Waals surface area contributed by atoms with Crippen LogP contribution in [0.15, 0.2) is 197 Å². The Kier molecular flexibility index (Phi) is 6.43. The minimum atomic E-state index is 0.884. The summed E-state index contributed by atoms with van der Waals surface area (Å²) in [6, 6.07) is 68.8. The van der Waals surface area contributed by atoms with E-state index in [1.165, 1.54) is 75.4 Å². The smallest absolute Gasteiger partial charge is 0.161 e. The largest absolute Gasteiger partial charge is 0.454 e. The van der Waals surface area contributed by atoms with Gasteiger partial charge in [-0.05, 0) is 118 Å². The molecule has 0 aliphatic heterocycles. The molecule has 3 nitrogen and oxygen atoms in total. The van der Waals surface area contributed by atoms with E-state index in [4.69, 9.17) is 4.42 Å². The van der Waals surface area contributed by atoms with Gasteiger partial charge in [0.15, 0.2) is 5.58 Å². The third-order valence-corrected chi connectivity index (χ3v) is 13.9. The number of halogens is 1. The average molecular weight is 828 g/mol. The van der Waals surface area contributed by atoms with Gasteiger partial charge in [0.05, 0.1) is 32.4 Å². The highest BCUT2D eigenvalue weighted by Gasteiger charge is 2.25. The number of furan rings is 1. The standard InChI is InChI=1S/C56H31BrN2O/c57-54-47(25-13-26-48(54)59-44-24-11-9-22-42(44)56-55(59)43-23-10-12-27-49(43)60-56)58-45-30-28-40-36-18-3-1-14-32(36)34-16-5-7-20-38(34)50(40)52(45)53-46(58)31-29-41-37-19-4-2-15-33(37)35-17-6-8-21-39(35)51(41)53/h1-31H. The summed E-state index contributed by atoms with van der Waals surface area (Å²) in [7, 11) is 0. The molecule has 278 valence electrons. The van der Waals surface area contributed by atoms with Crippen molar-refractivity contribution in [3.8, 4) is 11.4 Å². The van der Waals surface area contributed by atoms with Gasteiger partial charge in [-0.15, -0.1) is 0 Å². The Morgan fingerprint density at radius 2 is 0.700 bits per heavy atom. The van der Waals surface area contributed by atoms with E-state index in [-0.39, 0.29) is 0 Å². The van der Waals surface area contributed by atoms with Gasteiger partial charge in [-0.25, -0.2) is 0 Å². The van der Waals surface area contributed by atoms with E-state index in [0.717, 1.165) is 59.9 Å². The summed E-state index contributed by atoms with van der Waals surface area (Å²) in [5.74, 6) is 0. The molecular weight excluding hydrogens is 797 g/mol. The van der Waals surface area contributed by atoms with Crippen molar-refractivity contribution in [2.75, 3.05) is 0 Å². The number of benzene rings is 11. The van der Waals surface area contributed by atoms with Crippen molar-refractivity contribution in [3.63, 3.8) is 0 Å². The molecule has 0 saturated heterocycles. The second-order valence-electron chi connectivity index (χ2n) is 16.0. The molecule has 0 unspecified atom stereocenters. The lowest BCUT2D eigenvalue weighted by Crippen LogP contribution is -2.01. The van der Waals surface area contributed by atoms with E-state index in [1.54, 1.807) is 0 Å². The van der Waals surface area contributed by atoms with Crippen LogP contribution < -0.4 is 0 Å². The Morgan fingerprint density at radius 3 is 1.23 bits per heavy atom. The molecule has 14 aromatic rings. The number of para-hydroxylation sites is 2. The van der Waals surface area contributed by atoms with Crippen LogP contribution in [0.1, 0.15) is 0 Å². The normalized spacial score (nSPS) is 12.4. The lowest BCUT2D eigenvalue weighted by atomic mass is 9.89. The predicted molar refractivity (Wildman–Crippen MR) is 258 cm³/mol. The SMILES string of the molecule is Brc1c(-n2c3ccc4c5ccccc5c5ccccc5c4c3c3c4c5ccccc5c5ccccc5c4ccc32)cccc1-n1c2ccccc2c2oc3ccccc3c21. The first-order chi connectivity index (χ1) is 29.7. The quantitative estimate of drug-likeness (QED) is 0.159. The molecule has 11 aromatic carbocycles. The number of hydrogen-bond acceptors (Lipinski definition) is 1. The van der Waals surface area contributed by atoms with E-state index in [1.807, 2.05) is 6.07 Å². The van der Waals surface area contributed by atoms with Crippen molar-refractivity contribution in [3.05, 3.63) is 193 Å². The monoisotopic (exact) mass is 826 g/mol. The third kappa shape index (κ3) is 4.08. The molecule has 0 saturated carbocycles. The number of hydrogen-bond donors (Lipinski definition) is 0. The maximum absolute atomic E-state index is 6.60. The molecule has 0 atom stereocenters. The van der Waals surface area contributed by atoms with Gasteiger partial charge in [-0.2, -0.15) is 0 Å². The van der Waals surface area contributed by atoms with Crippen molar-refractivity contribution < 1.29 is 4.42 Å². The Morgan fingerprint density at radius 1 is 0.300 bits per heavy atom. The number of nitrogens with zero attached hydrogens (tertiary/aromatic N) is 2. The van der Waals surface area contributed by atoms with Crippen LogP contribution in [0.2, 0.25) is 0 Å². The maximum atomic E-state index is 6.60. The van der Waals surface area contributed by atoms with Crippen LogP contribution in [-0.4, -0.2) is 9.13 Å². The highest BCUT2D eigenvalue weighted by molar-refractivity contribution is 9.10. The van der Waals surface area contributed by atoms with E-state index in [0.29, 0.717) is 0 Å². The van der Waals surface area contributed by atoms with Crippen LogP contribution in [0.25, 0.3) is 131 Å². The minimum Gasteiger partial charge on any atom is -0.454 e. The van der Waals surface area contributed by atoms with Crippen LogP contribution in [0.5, 0.6) is 0 Å². The fraction of sp³-hybridized carbons (Fsp3) is 0. The summed E-state index contributed by atoms with van der Waals surface area (Å²) in [6.07, 6.45) is 0. The first kappa shape index (κ1) is 32.5. The Labute approximate surface area is 351 Å². The molecule has 0 aliphatic carbocycles. The summed E-state index contributed by atoms with van der Waals surface area (Å²) >= 11 is 4.29. The fourth-order valence-corrected chi connectivity index (χ4v) is 11.4. The van der Waals surface area contributed by atoms with Gasteiger partial charge in [-0.1, -0.05) is 140 Å². The van der Waals surface area contributed by atoms with Gasteiger partial charge >= 0.3 is 0 Å². The Hall–Kier alpha value is -7.40. The van der Waals surface area contributed by atoms with Gasteiger partial charge in [-0.3, -0.25) is 0 Å². The summed E-state index contributed by atoms with van der Waals surface area (Å²) in [5, 5.41) is 20.0. The van der Waals surface area contributed by atoms with Crippen molar-refractivity contribution in [2.24, 2.45) is 0 Å². The molecule has 0 fully saturated rings. The maximum Gasteiger partial charge on any atom is 0.161 e. The van der Waals surface area contributed by atoms with Crippen LogP contribution >= 0.6 is 15.9 Å². The molecule has 4 heteroatoms. The summed E-state index contributed by atoms with van der Waals surface area (Å²) in [5.41, 5.74) is 8.40. The molecule has 60 heavy (non-hydrogen) atoms. The molecule has 14 rings (SSSR count). The molecule has 0 aliphatic rings. The molecule has 0 amide bonds. The lowest BCUT2D eigenvalue weighted by molar-refractivity contribution is 0.673. The highest BCUT2D eigenvalue weighted by Crippen LogP contribution is 2.49. The Balaban J connectivity index is 1.21. The minimum absolute atomic E-state index is 0.884. The number of aromatic nitrogens is 2. The van der Waals surface area contributed by atoms with Gasteiger partial charge in [0.1, 0.15) is 11.1 Å². The van der Waals surface area contributed by atoms with Crippen molar-refractivity contribution >= 4 is 135 Å². The first-order valence-corrected chi connectivity index (χ1v) is 21.3. The van der Waals surface area contributed by atoms with Crippen molar-refractivity contribution in [1.29, 1.82) is 0 Å². The van der Waals surface area contributed by atoms with Crippen LogP contribution in [0, 0.1) is 0 Å². The molecule has 3 aromatic heterocycles.